The molecule has 17 heavy (non-hydrogen) atoms. The van der Waals surface area contributed by atoms with Crippen molar-refractivity contribution < 1.29 is 14.6 Å². The van der Waals surface area contributed by atoms with Crippen molar-refractivity contribution >= 4 is 11.5 Å². The molecule has 1 aromatic carbocycles. The van der Waals surface area contributed by atoms with Crippen molar-refractivity contribution in [2.75, 3.05) is 7.11 Å². The van der Waals surface area contributed by atoms with Gasteiger partial charge in [-0.2, -0.15) is 0 Å². The molecule has 1 aromatic rings. The van der Waals surface area contributed by atoms with Crippen LogP contribution in [0.3, 0.4) is 0 Å². The number of nitrogens with two attached hydrogens (primary N) is 1. The van der Waals surface area contributed by atoms with Gasteiger partial charge in [0.15, 0.2) is 0 Å². The fourth-order valence-corrected chi connectivity index (χ4v) is 2.05. The van der Waals surface area contributed by atoms with E-state index in [2.05, 4.69) is 4.74 Å². The van der Waals surface area contributed by atoms with Gasteiger partial charge in [-0.15, -0.1) is 0 Å². The molecule has 0 aromatic heterocycles. The number of fused-ring (bicyclic) bond motifs is 1. The molecule has 2 rings (SSSR count). The minimum atomic E-state index is -0.653. The molecule has 0 heterocycles. The number of rotatable bonds is 3. The van der Waals surface area contributed by atoms with Crippen LogP contribution in [0.5, 0.6) is 5.75 Å². The highest BCUT2D eigenvalue weighted by atomic mass is 16.5. The molecule has 0 radical (unpaired) electrons. The van der Waals surface area contributed by atoms with E-state index in [1.54, 1.807) is 12.1 Å². The summed E-state index contributed by atoms with van der Waals surface area (Å²) in [5.41, 5.74) is 8.84. The smallest absolute Gasteiger partial charge is 0.322 e. The molecule has 1 atom stereocenters. The van der Waals surface area contributed by atoms with Crippen LogP contribution in [0, 0.1) is 0 Å². The first-order chi connectivity index (χ1) is 8.11. The van der Waals surface area contributed by atoms with Gasteiger partial charge in [-0.3, -0.25) is 4.79 Å². The molecule has 0 aliphatic heterocycles. The largest absolute Gasteiger partial charge is 0.508 e. The number of carbonyl (C=O) groups is 1. The third-order valence-corrected chi connectivity index (χ3v) is 2.95. The minimum Gasteiger partial charge on any atom is -0.508 e. The van der Waals surface area contributed by atoms with E-state index in [0.717, 1.165) is 23.1 Å². The Labute approximate surface area is 99.7 Å². The van der Waals surface area contributed by atoms with E-state index in [0.29, 0.717) is 6.42 Å². The fourth-order valence-electron chi connectivity index (χ4n) is 2.05. The summed E-state index contributed by atoms with van der Waals surface area (Å²) in [5.74, 6) is -0.192. The topological polar surface area (TPSA) is 72.5 Å². The van der Waals surface area contributed by atoms with Gasteiger partial charge in [0.1, 0.15) is 11.8 Å². The number of methoxy groups -OCH3 is 1. The molecule has 0 fully saturated rings. The lowest BCUT2D eigenvalue weighted by Gasteiger charge is -2.11. The van der Waals surface area contributed by atoms with Gasteiger partial charge in [0, 0.05) is 0 Å². The van der Waals surface area contributed by atoms with Crippen molar-refractivity contribution in [2.45, 2.75) is 18.9 Å². The Balaban J connectivity index is 2.16. The Bertz CT molecular complexity index is 480. The van der Waals surface area contributed by atoms with Crippen LogP contribution in [0.15, 0.2) is 24.3 Å². The average molecular weight is 233 g/mol. The molecule has 0 bridgehead atoms. The van der Waals surface area contributed by atoms with Crippen molar-refractivity contribution in [1.29, 1.82) is 0 Å². The molecule has 0 saturated carbocycles. The second-order valence-electron chi connectivity index (χ2n) is 4.11. The van der Waals surface area contributed by atoms with E-state index in [4.69, 9.17) is 5.73 Å². The lowest BCUT2D eigenvalue weighted by molar-refractivity contribution is -0.142. The maximum Gasteiger partial charge on any atom is 0.322 e. The summed E-state index contributed by atoms with van der Waals surface area (Å²) in [6.45, 7) is 0. The zero-order valence-electron chi connectivity index (χ0n) is 9.64. The molecule has 1 aliphatic rings. The molecule has 90 valence electrons. The second kappa shape index (κ2) is 4.59. The minimum absolute atomic E-state index is 0.225. The van der Waals surface area contributed by atoms with Crippen LogP contribution in [0.1, 0.15) is 17.5 Å². The van der Waals surface area contributed by atoms with Crippen molar-refractivity contribution in [3.05, 3.63) is 35.4 Å². The Morgan fingerprint density at radius 3 is 3.06 bits per heavy atom. The molecule has 3 N–H and O–H groups in total. The first-order valence-electron chi connectivity index (χ1n) is 5.46. The zero-order valence-corrected chi connectivity index (χ0v) is 9.64. The summed E-state index contributed by atoms with van der Waals surface area (Å²) in [5, 5.41) is 9.45. The fraction of sp³-hybridized carbons (Fsp3) is 0.308. The van der Waals surface area contributed by atoms with E-state index in [-0.39, 0.29) is 5.75 Å². The van der Waals surface area contributed by atoms with Crippen LogP contribution in [0.4, 0.5) is 0 Å². The van der Waals surface area contributed by atoms with E-state index < -0.39 is 12.0 Å². The molecular formula is C13H15NO3. The monoisotopic (exact) mass is 233 g/mol. The van der Waals surface area contributed by atoms with Gasteiger partial charge in [-0.1, -0.05) is 12.1 Å². The maximum atomic E-state index is 11.3. The number of ether oxygens (including phenoxy) is 1. The normalized spacial score (nSPS) is 15.1. The van der Waals surface area contributed by atoms with Crippen LogP contribution in [-0.4, -0.2) is 24.2 Å². The number of hydrogen-bond acceptors (Lipinski definition) is 4. The average Bonchev–Trinajstić information content (AvgIpc) is 2.71. The quantitative estimate of drug-likeness (QED) is 0.770. The van der Waals surface area contributed by atoms with Gasteiger partial charge in [0.2, 0.25) is 0 Å². The second-order valence-corrected chi connectivity index (χ2v) is 4.11. The predicted octanol–water partition coefficient (Wildman–Crippen LogP) is 1.22. The SMILES string of the molecule is COC(=O)C(N)CC1=CCc2ccc(O)cc21. The molecule has 4 nitrogen and oxygen atoms in total. The molecule has 0 spiro atoms. The molecule has 0 amide bonds. The Kier molecular flexibility index (Phi) is 3.15. The molecular weight excluding hydrogens is 218 g/mol. The van der Waals surface area contributed by atoms with Crippen molar-refractivity contribution in [3.8, 4) is 5.75 Å². The van der Waals surface area contributed by atoms with Crippen molar-refractivity contribution in [3.63, 3.8) is 0 Å². The Morgan fingerprint density at radius 1 is 1.59 bits per heavy atom. The van der Waals surface area contributed by atoms with Crippen LogP contribution in [0.25, 0.3) is 5.57 Å². The van der Waals surface area contributed by atoms with E-state index in [9.17, 15) is 9.90 Å². The lowest BCUT2D eigenvalue weighted by Crippen LogP contribution is -2.31. The summed E-state index contributed by atoms with van der Waals surface area (Å²) in [7, 11) is 1.32. The van der Waals surface area contributed by atoms with Gasteiger partial charge >= 0.3 is 5.97 Å². The van der Waals surface area contributed by atoms with E-state index in [1.165, 1.54) is 7.11 Å². The van der Waals surface area contributed by atoms with Crippen LogP contribution >= 0.6 is 0 Å². The summed E-state index contributed by atoms with van der Waals surface area (Å²) in [4.78, 5) is 11.3. The van der Waals surface area contributed by atoms with E-state index in [1.807, 2.05) is 12.1 Å². The number of esters is 1. The van der Waals surface area contributed by atoms with Gasteiger partial charge < -0.3 is 15.6 Å². The number of phenolic OH excluding ortho intramolecular Hbond substituents is 1. The third kappa shape index (κ3) is 2.31. The standard InChI is InChI=1S/C13H15NO3/c1-17-13(16)12(14)6-9-3-2-8-4-5-10(15)7-11(8)9/h3-5,7,12,15H,2,6,14H2,1H3. The molecule has 0 saturated heterocycles. The Morgan fingerprint density at radius 2 is 2.35 bits per heavy atom. The number of carbonyl (C=O) groups excluding carboxylic acids is 1. The van der Waals surface area contributed by atoms with Crippen LogP contribution in [-0.2, 0) is 16.0 Å². The van der Waals surface area contributed by atoms with Gasteiger partial charge in [0.25, 0.3) is 0 Å². The molecule has 1 unspecified atom stereocenters. The van der Waals surface area contributed by atoms with Crippen molar-refractivity contribution in [2.24, 2.45) is 5.73 Å². The summed E-state index contributed by atoms with van der Waals surface area (Å²) in [6, 6.07) is 4.60. The van der Waals surface area contributed by atoms with Crippen LogP contribution in [0.2, 0.25) is 0 Å². The summed E-state index contributed by atoms with van der Waals surface area (Å²) in [6.07, 6.45) is 3.29. The van der Waals surface area contributed by atoms with Crippen molar-refractivity contribution in [1.82, 2.24) is 0 Å². The molecule has 4 heteroatoms. The van der Waals surface area contributed by atoms with Gasteiger partial charge in [0.05, 0.1) is 7.11 Å². The Hall–Kier alpha value is -1.81. The molecule has 1 aliphatic carbocycles. The number of phenols is 1. The summed E-state index contributed by atoms with van der Waals surface area (Å²) < 4.78 is 4.59. The zero-order chi connectivity index (χ0) is 12.4. The lowest BCUT2D eigenvalue weighted by atomic mass is 10.00. The number of benzene rings is 1. The highest BCUT2D eigenvalue weighted by Crippen LogP contribution is 2.32. The van der Waals surface area contributed by atoms with E-state index >= 15 is 0 Å². The number of hydrogen-bond donors (Lipinski definition) is 2. The van der Waals surface area contributed by atoms with Crippen LogP contribution < -0.4 is 5.73 Å². The predicted molar refractivity (Wildman–Crippen MR) is 64.4 cm³/mol. The highest BCUT2D eigenvalue weighted by Gasteiger charge is 2.21. The summed E-state index contributed by atoms with van der Waals surface area (Å²) >= 11 is 0. The van der Waals surface area contributed by atoms with Gasteiger partial charge in [-0.05, 0) is 41.7 Å². The number of allylic oxidation sites excluding steroid dienone is 1. The highest BCUT2D eigenvalue weighted by molar-refractivity contribution is 5.81. The van der Waals surface area contributed by atoms with Gasteiger partial charge in [-0.25, -0.2) is 0 Å². The maximum absolute atomic E-state index is 11.3. The first-order valence-corrected chi connectivity index (χ1v) is 5.46. The third-order valence-electron chi connectivity index (χ3n) is 2.95. The number of aromatic hydroxyl groups is 1. The first kappa shape index (κ1) is 11.7.